The SMILES string of the molecule is CCC(C)S(=O)(=O)Nc1ccccc1CNc1nc(-c2cc(F)c(O)cc2CC(F)(F)F)cc2[nH]nc(C(N)=O)c12. The molecule has 15 heteroatoms. The van der Waals surface area contributed by atoms with Gasteiger partial charge in [-0.05, 0) is 48.7 Å². The number of aromatic hydroxyl groups is 1. The van der Waals surface area contributed by atoms with Crippen LogP contribution in [0.3, 0.4) is 0 Å². The van der Waals surface area contributed by atoms with Gasteiger partial charge in [-0.3, -0.25) is 14.6 Å². The number of carbonyl (C=O) groups excluding carboxylic acids is 1. The van der Waals surface area contributed by atoms with E-state index in [0.717, 1.165) is 6.07 Å². The van der Waals surface area contributed by atoms with Crippen LogP contribution in [-0.2, 0) is 23.0 Å². The maximum atomic E-state index is 14.3. The number of aromatic amines is 1. The van der Waals surface area contributed by atoms with Gasteiger partial charge in [-0.2, -0.15) is 18.3 Å². The quantitative estimate of drug-likeness (QED) is 0.164. The number of amides is 1. The fourth-order valence-corrected chi connectivity index (χ4v) is 5.27. The van der Waals surface area contributed by atoms with Gasteiger partial charge in [0, 0.05) is 12.1 Å². The van der Waals surface area contributed by atoms with Crippen molar-refractivity contribution in [1.29, 1.82) is 0 Å². The lowest BCUT2D eigenvalue weighted by molar-refractivity contribution is -0.127. The number of pyridine rings is 1. The third-order valence-electron chi connectivity index (χ3n) is 6.44. The Hall–Kier alpha value is -4.40. The van der Waals surface area contributed by atoms with Crippen molar-refractivity contribution in [2.24, 2.45) is 5.73 Å². The fourth-order valence-electron chi connectivity index (χ4n) is 4.12. The number of aromatic nitrogens is 3. The number of primary amides is 1. The largest absolute Gasteiger partial charge is 0.505 e. The van der Waals surface area contributed by atoms with E-state index in [1.165, 1.54) is 6.07 Å². The van der Waals surface area contributed by atoms with Crippen LogP contribution in [-0.4, -0.2) is 46.0 Å². The van der Waals surface area contributed by atoms with E-state index in [4.69, 9.17) is 5.73 Å². The molecule has 0 spiro atoms. The van der Waals surface area contributed by atoms with Gasteiger partial charge >= 0.3 is 6.18 Å². The van der Waals surface area contributed by atoms with Gasteiger partial charge in [0.2, 0.25) is 10.0 Å². The molecule has 2 aromatic heterocycles. The predicted molar refractivity (Wildman–Crippen MR) is 145 cm³/mol. The summed E-state index contributed by atoms with van der Waals surface area (Å²) in [5.41, 5.74) is 5.36. The molecule has 6 N–H and O–H groups in total. The molecule has 0 bridgehead atoms. The van der Waals surface area contributed by atoms with Crippen LogP contribution in [0.5, 0.6) is 5.75 Å². The number of rotatable bonds is 10. The van der Waals surface area contributed by atoms with Crippen LogP contribution < -0.4 is 15.8 Å². The number of carbonyl (C=O) groups is 1. The second-order valence-corrected chi connectivity index (χ2v) is 11.4. The number of sulfonamides is 1. The van der Waals surface area contributed by atoms with Gasteiger partial charge in [0.15, 0.2) is 17.3 Å². The summed E-state index contributed by atoms with van der Waals surface area (Å²) in [6.07, 6.45) is -5.77. The number of nitrogens with two attached hydrogens (primary N) is 1. The average molecular weight is 595 g/mol. The van der Waals surface area contributed by atoms with Crippen molar-refractivity contribution in [3.63, 3.8) is 0 Å². The highest BCUT2D eigenvalue weighted by Crippen LogP contribution is 2.36. The van der Waals surface area contributed by atoms with Gasteiger partial charge in [0.05, 0.1) is 34.0 Å². The third kappa shape index (κ3) is 6.51. The Morgan fingerprint density at radius 2 is 1.88 bits per heavy atom. The molecule has 4 aromatic rings. The summed E-state index contributed by atoms with van der Waals surface area (Å²) in [4.78, 5) is 16.4. The molecule has 1 amide bonds. The highest BCUT2D eigenvalue weighted by Gasteiger charge is 2.31. The summed E-state index contributed by atoms with van der Waals surface area (Å²) in [7, 11) is -3.70. The summed E-state index contributed by atoms with van der Waals surface area (Å²) >= 11 is 0. The first kappa shape index (κ1) is 29.6. The summed E-state index contributed by atoms with van der Waals surface area (Å²) in [6.45, 7) is 3.26. The summed E-state index contributed by atoms with van der Waals surface area (Å²) < 4.78 is 82.1. The first-order chi connectivity index (χ1) is 19.2. The minimum atomic E-state index is -4.68. The van der Waals surface area contributed by atoms with Gasteiger partial charge in [0.1, 0.15) is 5.82 Å². The molecule has 0 aliphatic rings. The maximum absolute atomic E-state index is 14.3. The van der Waals surface area contributed by atoms with Crippen LogP contribution in [0.4, 0.5) is 29.1 Å². The van der Waals surface area contributed by atoms with Crippen molar-refractivity contribution in [2.45, 2.75) is 44.7 Å². The molecule has 41 heavy (non-hydrogen) atoms. The number of halogens is 4. The number of phenols is 1. The van der Waals surface area contributed by atoms with E-state index < -0.39 is 50.9 Å². The minimum absolute atomic E-state index is 0.0360. The fraction of sp³-hybridized carbons (Fsp3) is 0.269. The molecule has 0 saturated carbocycles. The average Bonchev–Trinajstić information content (AvgIpc) is 3.33. The number of anilines is 2. The molecule has 4 rings (SSSR count). The molecular weight excluding hydrogens is 568 g/mol. The Morgan fingerprint density at radius 1 is 1.17 bits per heavy atom. The number of nitrogens with zero attached hydrogens (tertiary/aromatic N) is 2. The second-order valence-electron chi connectivity index (χ2n) is 9.34. The van der Waals surface area contributed by atoms with E-state index >= 15 is 0 Å². The normalized spacial score (nSPS) is 12.8. The zero-order chi connectivity index (χ0) is 30.1. The summed E-state index contributed by atoms with van der Waals surface area (Å²) in [5.74, 6) is -3.07. The Kier molecular flexibility index (Phi) is 8.10. The molecular formula is C26H26F4N6O4S. The van der Waals surface area contributed by atoms with Gasteiger partial charge < -0.3 is 16.2 Å². The molecule has 2 heterocycles. The van der Waals surface area contributed by atoms with E-state index in [-0.39, 0.29) is 45.9 Å². The van der Waals surface area contributed by atoms with Gasteiger partial charge in [0.25, 0.3) is 5.91 Å². The molecule has 1 atom stereocenters. The summed E-state index contributed by atoms with van der Waals surface area (Å²) in [6, 6.07) is 9.21. The lowest BCUT2D eigenvalue weighted by atomic mass is 9.99. The van der Waals surface area contributed by atoms with Crippen molar-refractivity contribution in [3.8, 4) is 17.0 Å². The zero-order valence-electron chi connectivity index (χ0n) is 21.8. The predicted octanol–water partition coefficient (Wildman–Crippen LogP) is 4.83. The number of H-pyrrole nitrogens is 1. The lowest BCUT2D eigenvalue weighted by Crippen LogP contribution is -2.25. The van der Waals surface area contributed by atoms with E-state index in [2.05, 4.69) is 25.2 Å². The smallest absolute Gasteiger partial charge is 0.393 e. The Bertz CT molecular complexity index is 1720. The highest BCUT2D eigenvalue weighted by atomic mass is 32.2. The Labute approximate surface area is 232 Å². The van der Waals surface area contributed by atoms with Crippen molar-refractivity contribution in [2.75, 3.05) is 10.0 Å². The number of nitrogens with one attached hydrogen (secondary N) is 3. The highest BCUT2D eigenvalue weighted by molar-refractivity contribution is 7.93. The zero-order valence-corrected chi connectivity index (χ0v) is 22.6. The number of para-hydroxylation sites is 1. The first-order valence-electron chi connectivity index (χ1n) is 12.3. The third-order valence-corrected chi connectivity index (χ3v) is 8.34. The van der Waals surface area contributed by atoms with Gasteiger partial charge in [-0.15, -0.1) is 0 Å². The van der Waals surface area contributed by atoms with Crippen molar-refractivity contribution >= 4 is 38.3 Å². The van der Waals surface area contributed by atoms with Crippen molar-refractivity contribution in [3.05, 3.63) is 65.1 Å². The first-order valence-corrected chi connectivity index (χ1v) is 13.9. The van der Waals surface area contributed by atoms with Crippen molar-refractivity contribution in [1.82, 2.24) is 15.2 Å². The van der Waals surface area contributed by atoms with Crippen LogP contribution in [0.25, 0.3) is 22.2 Å². The molecule has 218 valence electrons. The van der Waals surface area contributed by atoms with E-state index in [9.17, 15) is 35.9 Å². The minimum Gasteiger partial charge on any atom is -0.505 e. The molecule has 0 radical (unpaired) electrons. The number of hydrogen-bond acceptors (Lipinski definition) is 7. The second kappa shape index (κ2) is 11.2. The van der Waals surface area contributed by atoms with Crippen LogP contribution in [0.2, 0.25) is 0 Å². The molecule has 2 aromatic carbocycles. The van der Waals surface area contributed by atoms with Crippen LogP contribution in [0, 0.1) is 5.82 Å². The molecule has 1 unspecified atom stereocenters. The molecule has 0 fully saturated rings. The van der Waals surface area contributed by atoms with Crippen LogP contribution in [0.15, 0.2) is 42.5 Å². The van der Waals surface area contributed by atoms with E-state index in [0.29, 0.717) is 18.1 Å². The molecule has 0 aliphatic heterocycles. The van der Waals surface area contributed by atoms with Crippen LogP contribution >= 0.6 is 0 Å². The Morgan fingerprint density at radius 3 is 2.54 bits per heavy atom. The van der Waals surface area contributed by atoms with Gasteiger partial charge in [-0.1, -0.05) is 25.1 Å². The monoisotopic (exact) mass is 594 g/mol. The summed E-state index contributed by atoms with van der Waals surface area (Å²) in [5, 5.41) is 18.6. The standard InChI is InChI=1S/C26H26F4N6O4S/c1-3-13(2)41(39,40)36-18-7-5-4-6-14(18)12-32-25-22-20(34-35-23(22)24(31)38)10-19(33-25)16-9-17(27)21(37)8-15(16)11-26(28,29)30/h4-10,13,36-37H,3,11-12H2,1-2H3,(H2,31,38)(H,32,33)(H,34,35). The number of alkyl halides is 3. The maximum Gasteiger partial charge on any atom is 0.393 e. The molecule has 0 saturated heterocycles. The number of benzene rings is 2. The van der Waals surface area contributed by atoms with Crippen LogP contribution in [0.1, 0.15) is 41.9 Å². The van der Waals surface area contributed by atoms with Crippen molar-refractivity contribution < 1.29 is 35.9 Å². The number of hydrogen-bond donors (Lipinski definition) is 5. The number of fused-ring (bicyclic) bond motifs is 1. The lowest BCUT2D eigenvalue weighted by Gasteiger charge is -2.17. The Balaban J connectivity index is 1.81. The molecule has 0 aliphatic carbocycles. The van der Waals surface area contributed by atoms with E-state index in [1.807, 2.05) is 0 Å². The number of phenolic OH excluding ortho intramolecular Hbond substituents is 1. The topological polar surface area (TPSA) is 163 Å². The van der Waals surface area contributed by atoms with E-state index in [1.54, 1.807) is 38.1 Å². The molecule has 10 nitrogen and oxygen atoms in total. The van der Waals surface area contributed by atoms with Gasteiger partial charge in [-0.25, -0.2) is 17.8 Å².